The summed E-state index contributed by atoms with van der Waals surface area (Å²) < 4.78 is 12.5. The molecule has 100 valence electrons. The zero-order chi connectivity index (χ0) is 13.3. The Morgan fingerprint density at radius 3 is 2.05 bits per heavy atom. The molecule has 2 aromatic carbocycles. The number of para-hydroxylation sites is 1. The molecule has 0 saturated heterocycles. The van der Waals surface area contributed by atoms with Crippen molar-refractivity contribution >= 4 is 22.6 Å². The fourth-order valence-corrected chi connectivity index (χ4v) is 2.17. The van der Waals surface area contributed by atoms with Crippen molar-refractivity contribution in [2.75, 3.05) is 13.2 Å². The summed E-state index contributed by atoms with van der Waals surface area (Å²) in [6.45, 7) is 1.47. The summed E-state index contributed by atoms with van der Waals surface area (Å²) in [4.78, 5) is 0. The summed E-state index contributed by atoms with van der Waals surface area (Å²) in [5.41, 5.74) is 0. The van der Waals surface area contributed by atoms with Crippen LogP contribution in [0.5, 0.6) is 11.5 Å². The number of hydrogen-bond acceptors (Lipinski definition) is 2. The zero-order valence-corrected chi connectivity index (χ0v) is 12.9. The Balaban J connectivity index is 1.58. The minimum atomic E-state index is 0.734. The minimum absolute atomic E-state index is 0.734. The van der Waals surface area contributed by atoms with E-state index in [9.17, 15) is 0 Å². The number of hydrogen-bond donors (Lipinski definition) is 0. The number of ether oxygens (including phenoxy) is 2. The monoisotopic (exact) mass is 368 g/mol. The number of halogens is 1. The topological polar surface area (TPSA) is 18.5 Å². The molecule has 0 aromatic heterocycles. The molecule has 0 unspecified atom stereocenters. The van der Waals surface area contributed by atoms with E-state index < -0.39 is 0 Å². The van der Waals surface area contributed by atoms with Gasteiger partial charge in [-0.25, -0.2) is 0 Å². The van der Waals surface area contributed by atoms with Crippen molar-refractivity contribution in [2.24, 2.45) is 0 Å². The highest BCUT2D eigenvalue weighted by atomic mass is 127. The first-order chi connectivity index (χ1) is 9.34. The second kappa shape index (κ2) is 8.04. The molecule has 3 heteroatoms. The van der Waals surface area contributed by atoms with Crippen molar-refractivity contribution in [3.05, 3.63) is 58.2 Å². The molecule has 0 fully saturated rings. The molecule has 0 radical (unpaired) electrons. The standard InChI is InChI=1S/C16H17IO2/c17-14-7-6-10-16(13-14)19-12-5-4-11-18-15-8-2-1-3-9-15/h1-3,6-10,13H,4-5,11-12H2. The van der Waals surface area contributed by atoms with Crippen LogP contribution in [0, 0.1) is 3.57 Å². The molecule has 0 saturated carbocycles. The van der Waals surface area contributed by atoms with Gasteiger partial charge < -0.3 is 9.47 Å². The van der Waals surface area contributed by atoms with E-state index in [1.165, 1.54) is 3.57 Å². The number of rotatable bonds is 7. The zero-order valence-electron chi connectivity index (χ0n) is 10.7. The van der Waals surface area contributed by atoms with Crippen molar-refractivity contribution in [1.82, 2.24) is 0 Å². The van der Waals surface area contributed by atoms with Gasteiger partial charge in [-0.3, -0.25) is 0 Å². The normalized spacial score (nSPS) is 10.2. The van der Waals surface area contributed by atoms with Crippen LogP contribution in [0.15, 0.2) is 54.6 Å². The van der Waals surface area contributed by atoms with Gasteiger partial charge in [-0.1, -0.05) is 24.3 Å². The maximum atomic E-state index is 5.68. The van der Waals surface area contributed by atoms with Crippen LogP contribution in [-0.2, 0) is 0 Å². The Hall–Kier alpha value is -1.23. The Bertz CT molecular complexity index is 485. The van der Waals surface area contributed by atoms with E-state index >= 15 is 0 Å². The van der Waals surface area contributed by atoms with E-state index in [1.54, 1.807) is 0 Å². The molecule has 0 aliphatic carbocycles. The molecule has 0 amide bonds. The van der Waals surface area contributed by atoms with Gasteiger partial charge in [0.2, 0.25) is 0 Å². The average molecular weight is 368 g/mol. The van der Waals surface area contributed by atoms with E-state index in [0.717, 1.165) is 37.6 Å². The molecule has 0 bridgehead atoms. The Kier molecular flexibility index (Phi) is 6.01. The van der Waals surface area contributed by atoms with Crippen LogP contribution in [-0.4, -0.2) is 13.2 Å². The molecular formula is C16H17IO2. The van der Waals surface area contributed by atoms with Gasteiger partial charge in [-0.15, -0.1) is 0 Å². The highest BCUT2D eigenvalue weighted by molar-refractivity contribution is 14.1. The first-order valence-corrected chi connectivity index (χ1v) is 7.49. The SMILES string of the molecule is Ic1cccc(OCCCCOc2ccccc2)c1. The predicted molar refractivity (Wildman–Crippen MR) is 85.8 cm³/mol. The lowest BCUT2D eigenvalue weighted by Gasteiger charge is -2.07. The van der Waals surface area contributed by atoms with Crippen LogP contribution in [0.3, 0.4) is 0 Å². The lowest BCUT2D eigenvalue weighted by molar-refractivity contribution is 0.266. The molecule has 0 N–H and O–H groups in total. The maximum absolute atomic E-state index is 5.68. The van der Waals surface area contributed by atoms with E-state index in [-0.39, 0.29) is 0 Å². The van der Waals surface area contributed by atoms with Gasteiger partial charge in [-0.2, -0.15) is 0 Å². The van der Waals surface area contributed by atoms with Gasteiger partial charge >= 0.3 is 0 Å². The van der Waals surface area contributed by atoms with Crippen molar-refractivity contribution in [3.63, 3.8) is 0 Å². The lowest BCUT2D eigenvalue weighted by Crippen LogP contribution is -2.02. The summed E-state index contributed by atoms with van der Waals surface area (Å²) >= 11 is 2.29. The molecule has 0 spiro atoms. The van der Waals surface area contributed by atoms with Crippen molar-refractivity contribution in [3.8, 4) is 11.5 Å². The quantitative estimate of drug-likeness (QED) is 0.528. The molecule has 0 aliphatic rings. The second-order valence-electron chi connectivity index (χ2n) is 4.17. The number of unbranched alkanes of at least 4 members (excludes halogenated alkanes) is 1. The average Bonchev–Trinajstić information content (AvgIpc) is 2.44. The van der Waals surface area contributed by atoms with E-state index in [1.807, 2.05) is 48.5 Å². The summed E-state index contributed by atoms with van der Waals surface area (Å²) in [6.07, 6.45) is 2.00. The first kappa shape index (κ1) is 14.2. The molecule has 0 aliphatic heterocycles. The maximum Gasteiger partial charge on any atom is 0.120 e. The summed E-state index contributed by atoms with van der Waals surface area (Å²) in [5, 5.41) is 0. The van der Waals surface area contributed by atoms with Crippen LogP contribution < -0.4 is 9.47 Å². The third-order valence-electron chi connectivity index (χ3n) is 2.62. The van der Waals surface area contributed by atoms with Crippen molar-refractivity contribution in [2.45, 2.75) is 12.8 Å². The van der Waals surface area contributed by atoms with Gasteiger partial charge in [0.05, 0.1) is 13.2 Å². The van der Waals surface area contributed by atoms with Crippen LogP contribution in [0.4, 0.5) is 0 Å². The second-order valence-corrected chi connectivity index (χ2v) is 5.42. The fraction of sp³-hybridized carbons (Fsp3) is 0.250. The lowest BCUT2D eigenvalue weighted by atomic mass is 10.3. The van der Waals surface area contributed by atoms with Crippen LogP contribution in [0.25, 0.3) is 0 Å². The molecule has 0 heterocycles. The van der Waals surface area contributed by atoms with E-state index in [2.05, 4.69) is 28.7 Å². The molecular weight excluding hydrogens is 351 g/mol. The van der Waals surface area contributed by atoms with Crippen LogP contribution >= 0.6 is 22.6 Å². The van der Waals surface area contributed by atoms with Crippen LogP contribution in [0.1, 0.15) is 12.8 Å². The largest absolute Gasteiger partial charge is 0.494 e. The number of benzene rings is 2. The Morgan fingerprint density at radius 2 is 1.37 bits per heavy atom. The summed E-state index contributed by atoms with van der Waals surface area (Å²) in [6, 6.07) is 18.0. The van der Waals surface area contributed by atoms with Gasteiger partial charge in [0.1, 0.15) is 11.5 Å². The van der Waals surface area contributed by atoms with E-state index in [0.29, 0.717) is 0 Å². The molecule has 2 rings (SSSR count). The van der Waals surface area contributed by atoms with Crippen molar-refractivity contribution in [1.29, 1.82) is 0 Å². The Morgan fingerprint density at radius 1 is 0.737 bits per heavy atom. The minimum Gasteiger partial charge on any atom is -0.494 e. The van der Waals surface area contributed by atoms with Crippen LogP contribution in [0.2, 0.25) is 0 Å². The van der Waals surface area contributed by atoms with Gasteiger partial charge in [-0.05, 0) is 65.8 Å². The highest BCUT2D eigenvalue weighted by Gasteiger charge is 1.96. The smallest absolute Gasteiger partial charge is 0.120 e. The fourth-order valence-electron chi connectivity index (χ4n) is 1.66. The molecule has 19 heavy (non-hydrogen) atoms. The molecule has 2 nitrogen and oxygen atoms in total. The third-order valence-corrected chi connectivity index (χ3v) is 3.29. The van der Waals surface area contributed by atoms with Crippen molar-refractivity contribution < 1.29 is 9.47 Å². The predicted octanol–water partition coefficient (Wildman–Crippen LogP) is 4.53. The van der Waals surface area contributed by atoms with Gasteiger partial charge in [0.25, 0.3) is 0 Å². The highest BCUT2D eigenvalue weighted by Crippen LogP contribution is 2.15. The third kappa shape index (κ3) is 5.51. The van der Waals surface area contributed by atoms with Gasteiger partial charge in [0, 0.05) is 3.57 Å². The van der Waals surface area contributed by atoms with E-state index in [4.69, 9.17) is 9.47 Å². The van der Waals surface area contributed by atoms with Gasteiger partial charge in [0.15, 0.2) is 0 Å². The molecule has 0 atom stereocenters. The summed E-state index contributed by atoms with van der Waals surface area (Å²) in [5.74, 6) is 1.87. The molecule has 2 aromatic rings. The summed E-state index contributed by atoms with van der Waals surface area (Å²) in [7, 11) is 0. The Labute approximate surface area is 127 Å². The first-order valence-electron chi connectivity index (χ1n) is 6.41.